The highest BCUT2D eigenvalue weighted by atomic mass is 16.4. The van der Waals surface area contributed by atoms with Gasteiger partial charge in [0.15, 0.2) is 0 Å². The third-order valence-electron chi connectivity index (χ3n) is 5.09. The molecule has 10 N–H and O–H groups in total. The van der Waals surface area contributed by atoms with Gasteiger partial charge in [-0.25, -0.2) is 4.79 Å². The zero-order chi connectivity index (χ0) is 25.9. The molecule has 0 rings (SSSR count). The zero-order valence-electron chi connectivity index (χ0n) is 19.4. The fraction of sp³-hybridized carbons (Fsp3) is 0.700. The van der Waals surface area contributed by atoms with Crippen LogP contribution in [0.15, 0.2) is 0 Å². The quantitative estimate of drug-likeness (QED) is 0.136. The Labute approximate surface area is 192 Å². The lowest BCUT2D eigenvalue weighted by Crippen LogP contribution is -2.59. The molecule has 5 atom stereocenters. The fourth-order valence-corrected chi connectivity index (χ4v) is 2.86. The Morgan fingerprint density at radius 1 is 0.818 bits per heavy atom. The number of aliphatic carboxylic acids is 1. The van der Waals surface area contributed by atoms with Crippen LogP contribution in [-0.4, -0.2) is 64.8 Å². The first-order valence-electron chi connectivity index (χ1n) is 10.7. The van der Waals surface area contributed by atoms with E-state index in [1.165, 1.54) is 0 Å². The van der Waals surface area contributed by atoms with Gasteiger partial charge in [-0.05, 0) is 18.3 Å². The van der Waals surface area contributed by atoms with Crippen molar-refractivity contribution in [1.82, 2.24) is 16.0 Å². The van der Waals surface area contributed by atoms with Crippen molar-refractivity contribution in [2.75, 3.05) is 0 Å². The highest BCUT2D eigenvalue weighted by Crippen LogP contribution is 2.10. The van der Waals surface area contributed by atoms with E-state index in [1.807, 2.05) is 0 Å². The molecule has 0 heterocycles. The van der Waals surface area contributed by atoms with Crippen molar-refractivity contribution in [3.63, 3.8) is 0 Å². The average Bonchev–Trinajstić information content (AvgIpc) is 2.70. The van der Waals surface area contributed by atoms with Crippen molar-refractivity contribution in [3.05, 3.63) is 0 Å². The highest BCUT2D eigenvalue weighted by molar-refractivity contribution is 5.95. The van der Waals surface area contributed by atoms with Gasteiger partial charge >= 0.3 is 5.97 Å². The maximum Gasteiger partial charge on any atom is 0.326 e. The van der Waals surface area contributed by atoms with Gasteiger partial charge in [0.2, 0.25) is 29.5 Å². The largest absolute Gasteiger partial charge is 0.480 e. The maximum atomic E-state index is 12.9. The number of hydrogen-bond donors (Lipinski definition) is 7. The summed E-state index contributed by atoms with van der Waals surface area (Å²) in [5.41, 5.74) is 15.8. The molecule has 0 aromatic carbocycles. The molecule has 5 unspecified atom stereocenters. The van der Waals surface area contributed by atoms with Crippen molar-refractivity contribution in [2.24, 2.45) is 29.0 Å². The number of amides is 5. The van der Waals surface area contributed by atoms with E-state index in [0.717, 1.165) is 0 Å². The molecule has 0 saturated heterocycles. The van der Waals surface area contributed by atoms with Crippen molar-refractivity contribution in [1.29, 1.82) is 0 Å². The predicted octanol–water partition coefficient (Wildman–Crippen LogP) is -2.30. The first-order valence-corrected chi connectivity index (χ1v) is 10.7. The summed E-state index contributed by atoms with van der Waals surface area (Å²) in [5, 5.41) is 16.6. The Morgan fingerprint density at radius 2 is 1.36 bits per heavy atom. The summed E-state index contributed by atoms with van der Waals surface area (Å²) in [5.74, 6) is -5.95. The van der Waals surface area contributed by atoms with Crippen molar-refractivity contribution in [3.8, 4) is 0 Å². The number of carbonyl (C=O) groups excluding carboxylic acids is 5. The lowest BCUT2D eigenvalue weighted by atomic mass is 9.98. The average molecular weight is 473 g/mol. The van der Waals surface area contributed by atoms with Gasteiger partial charge in [0.25, 0.3) is 0 Å². The second-order valence-corrected chi connectivity index (χ2v) is 8.28. The molecule has 13 nitrogen and oxygen atoms in total. The monoisotopic (exact) mass is 472 g/mol. The van der Waals surface area contributed by atoms with E-state index in [0.29, 0.717) is 6.42 Å². The number of hydrogen-bond acceptors (Lipinski definition) is 7. The third kappa shape index (κ3) is 10.8. The Balaban J connectivity index is 5.56. The summed E-state index contributed by atoms with van der Waals surface area (Å²) < 4.78 is 0. The van der Waals surface area contributed by atoms with Gasteiger partial charge in [-0.15, -0.1) is 0 Å². The topological polar surface area (TPSA) is 237 Å². The molecule has 33 heavy (non-hydrogen) atoms. The highest BCUT2D eigenvalue weighted by Gasteiger charge is 2.33. The Hall–Kier alpha value is -3.22. The molecule has 0 aliphatic heterocycles. The number of rotatable bonds is 15. The van der Waals surface area contributed by atoms with E-state index < -0.39 is 77.9 Å². The summed E-state index contributed by atoms with van der Waals surface area (Å²) in [6.45, 7) is 6.67. The summed E-state index contributed by atoms with van der Waals surface area (Å²) in [4.78, 5) is 71.6. The van der Waals surface area contributed by atoms with Crippen LogP contribution in [0.3, 0.4) is 0 Å². The normalized spacial score (nSPS) is 15.5. The van der Waals surface area contributed by atoms with Crippen LogP contribution >= 0.6 is 0 Å². The minimum atomic E-state index is -1.28. The van der Waals surface area contributed by atoms with Gasteiger partial charge < -0.3 is 38.3 Å². The second kappa shape index (κ2) is 14.0. The molecule has 0 saturated carbocycles. The van der Waals surface area contributed by atoms with Gasteiger partial charge in [0, 0.05) is 6.42 Å². The molecule has 0 fully saturated rings. The fourth-order valence-electron chi connectivity index (χ4n) is 2.86. The molecule has 0 radical (unpaired) electrons. The van der Waals surface area contributed by atoms with Gasteiger partial charge in [-0.1, -0.05) is 34.1 Å². The molecular formula is C20H36N6O7. The molecule has 0 spiro atoms. The number of nitrogens with one attached hydrogen (secondary N) is 3. The van der Waals surface area contributed by atoms with Crippen LogP contribution in [0.2, 0.25) is 0 Å². The third-order valence-corrected chi connectivity index (χ3v) is 5.09. The first kappa shape index (κ1) is 29.8. The second-order valence-electron chi connectivity index (χ2n) is 8.28. The van der Waals surface area contributed by atoms with Crippen LogP contribution in [0.4, 0.5) is 0 Å². The molecule has 0 aliphatic rings. The number of primary amides is 2. The van der Waals surface area contributed by atoms with Gasteiger partial charge in [-0.3, -0.25) is 24.0 Å². The summed E-state index contributed by atoms with van der Waals surface area (Å²) in [6.07, 6.45) is -0.377. The number of carboxylic acids is 1. The predicted molar refractivity (Wildman–Crippen MR) is 118 cm³/mol. The Morgan fingerprint density at radius 3 is 1.79 bits per heavy atom. The van der Waals surface area contributed by atoms with E-state index in [2.05, 4.69) is 16.0 Å². The standard InChI is InChI=1S/C20H36N6O7/c1-5-10(4)16(20(32)33)26-18(30)12(6-7-13(22)27)24-19(31)15(9(2)3)25-17(29)11(21)8-14(23)28/h9-12,15-16H,5-8,21H2,1-4H3,(H2,22,27)(H2,23,28)(H,24,31)(H,25,29)(H,26,30)(H,32,33). The SMILES string of the molecule is CCC(C)C(NC(=O)C(CCC(N)=O)NC(=O)C(NC(=O)C(N)CC(N)=O)C(C)C)C(=O)O. The van der Waals surface area contributed by atoms with Crippen LogP contribution in [-0.2, 0) is 28.8 Å². The van der Waals surface area contributed by atoms with Crippen LogP contribution in [0.25, 0.3) is 0 Å². The molecule has 188 valence electrons. The molecule has 0 aliphatic carbocycles. The minimum Gasteiger partial charge on any atom is -0.480 e. The molecule has 13 heteroatoms. The van der Waals surface area contributed by atoms with E-state index in [1.54, 1.807) is 27.7 Å². The lowest BCUT2D eigenvalue weighted by Gasteiger charge is -2.27. The van der Waals surface area contributed by atoms with Gasteiger partial charge in [-0.2, -0.15) is 0 Å². The van der Waals surface area contributed by atoms with Crippen molar-refractivity contribution in [2.45, 2.75) is 77.5 Å². The summed E-state index contributed by atoms with van der Waals surface area (Å²) in [7, 11) is 0. The molecule has 0 bridgehead atoms. The van der Waals surface area contributed by atoms with E-state index in [-0.39, 0.29) is 12.8 Å². The van der Waals surface area contributed by atoms with Crippen molar-refractivity contribution < 1.29 is 33.9 Å². The summed E-state index contributed by atoms with van der Waals surface area (Å²) in [6, 6.07) is -4.89. The lowest BCUT2D eigenvalue weighted by molar-refractivity contribution is -0.144. The minimum absolute atomic E-state index is 0.181. The van der Waals surface area contributed by atoms with E-state index >= 15 is 0 Å². The Kier molecular flexibility index (Phi) is 12.7. The Bertz CT molecular complexity index is 742. The van der Waals surface area contributed by atoms with Crippen LogP contribution in [0, 0.1) is 11.8 Å². The maximum absolute atomic E-state index is 12.9. The smallest absolute Gasteiger partial charge is 0.326 e. The number of carboxylic acid groups (broad SMARTS) is 1. The van der Waals surface area contributed by atoms with Crippen LogP contribution < -0.4 is 33.2 Å². The molecule has 0 aromatic heterocycles. The van der Waals surface area contributed by atoms with E-state index in [9.17, 15) is 33.9 Å². The van der Waals surface area contributed by atoms with Crippen molar-refractivity contribution >= 4 is 35.5 Å². The number of carbonyl (C=O) groups is 6. The van der Waals surface area contributed by atoms with E-state index in [4.69, 9.17) is 17.2 Å². The summed E-state index contributed by atoms with van der Waals surface area (Å²) >= 11 is 0. The van der Waals surface area contributed by atoms with Gasteiger partial charge in [0.05, 0.1) is 12.5 Å². The molecule has 5 amide bonds. The van der Waals surface area contributed by atoms with Crippen LogP contribution in [0.1, 0.15) is 53.4 Å². The molecular weight excluding hydrogens is 436 g/mol. The zero-order valence-corrected chi connectivity index (χ0v) is 19.4. The number of nitrogens with two attached hydrogens (primary N) is 3. The first-order chi connectivity index (χ1) is 15.2. The van der Waals surface area contributed by atoms with Crippen LogP contribution in [0.5, 0.6) is 0 Å². The van der Waals surface area contributed by atoms with Gasteiger partial charge in [0.1, 0.15) is 18.1 Å². The molecule has 0 aromatic rings.